The molecule has 0 fully saturated rings. The third kappa shape index (κ3) is 5.31. The van der Waals surface area contributed by atoms with Gasteiger partial charge in [0.05, 0.1) is 0 Å². The molecule has 1 heterocycles. The van der Waals surface area contributed by atoms with Crippen molar-refractivity contribution in [1.82, 2.24) is 9.97 Å². The Kier molecular flexibility index (Phi) is 5.85. The molecule has 0 radical (unpaired) electrons. The first kappa shape index (κ1) is 14.7. The summed E-state index contributed by atoms with van der Waals surface area (Å²) in [7, 11) is 0. The minimum atomic E-state index is -0.159. The Bertz CT molecular complexity index is 351. The zero-order valence-electron chi connectivity index (χ0n) is 11.7. The van der Waals surface area contributed by atoms with Crippen molar-refractivity contribution in [3.8, 4) is 0 Å². The van der Waals surface area contributed by atoms with E-state index in [1.54, 1.807) is 6.33 Å². The molecule has 0 aliphatic heterocycles. The molecule has 5 nitrogen and oxygen atoms in total. The number of rotatable bonds is 8. The fourth-order valence-corrected chi connectivity index (χ4v) is 1.51. The molecule has 0 saturated carbocycles. The van der Waals surface area contributed by atoms with Gasteiger partial charge in [0.25, 0.3) is 0 Å². The summed E-state index contributed by atoms with van der Waals surface area (Å²) in [4.78, 5) is 8.40. The van der Waals surface area contributed by atoms with Crippen LogP contribution in [0.15, 0.2) is 12.4 Å². The molecule has 1 rings (SSSR count). The molecule has 5 heteroatoms. The predicted molar refractivity (Wildman–Crippen MR) is 76.8 cm³/mol. The lowest BCUT2D eigenvalue weighted by Gasteiger charge is -2.24. The number of unbranched alkanes of at least 4 members (excludes halogenated alkanes) is 2. The molecule has 0 saturated heterocycles. The lowest BCUT2D eigenvalue weighted by Crippen LogP contribution is -2.39. The first-order chi connectivity index (χ1) is 8.57. The first-order valence-electron chi connectivity index (χ1n) is 6.61. The summed E-state index contributed by atoms with van der Waals surface area (Å²) in [5, 5.41) is 6.60. The van der Waals surface area contributed by atoms with Crippen LogP contribution in [0.2, 0.25) is 0 Å². The van der Waals surface area contributed by atoms with Gasteiger partial charge < -0.3 is 16.4 Å². The Labute approximate surface area is 110 Å². The van der Waals surface area contributed by atoms with E-state index < -0.39 is 0 Å². The van der Waals surface area contributed by atoms with Gasteiger partial charge >= 0.3 is 0 Å². The fourth-order valence-electron chi connectivity index (χ4n) is 1.51. The van der Waals surface area contributed by atoms with Crippen LogP contribution in [0.5, 0.6) is 0 Å². The highest BCUT2D eigenvalue weighted by atomic mass is 15.1. The molecule has 0 spiro atoms. The maximum Gasteiger partial charge on any atom is 0.131 e. The Morgan fingerprint density at radius 2 is 1.94 bits per heavy atom. The van der Waals surface area contributed by atoms with E-state index in [2.05, 4.69) is 27.5 Å². The Morgan fingerprint density at radius 1 is 1.22 bits per heavy atom. The quantitative estimate of drug-likeness (QED) is 0.618. The van der Waals surface area contributed by atoms with Crippen molar-refractivity contribution in [2.45, 2.75) is 45.6 Å². The van der Waals surface area contributed by atoms with Crippen molar-refractivity contribution in [1.29, 1.82) is 0 Å². The summed E-state index contributed by atoms with van der Waals surface area (Å²) in [5.74, 6) is 1.66. The molecule has 18 heavy (non-hydrogen) atoms. The monoisotopic (exact) mass is 251 g/mol. The molecule has 0 bridgehead atoms. The van der Waals surface area contributed by atoms with Crippen molar-refractivity contribution < 1.29 is 0 Å². The van der Waals surface area contributed by atoms with Gasteiger partial charge in [-0.15, -0.1) is 0 Å². The summed E-state index contributed by atoms with van der Waals surface area (Å²) in [6.45, 7) is 7.79. The highest BCUT2D eigenvalue weighted by molar-refractivity contribution is 5.47. The molecule has 4 N–H and O–H groups in total. The van der Waals surface area contributed by atoms with Crippen molar-refractivity contribution in [3.05, 3.63) is 12.4 Å². The number of hydrogen-bond acceptors (Lipinski definition) is 5. The highest BCUT2D eigenvalue weighted by Gasteiger charge is 2.15. The van der Waals surface area contributed by atoms with Crippen LogP contribution in [0.25, 0.3) is 0 Å². The SMILES string of the molecule is CCCCCNc1cc(NC(C)(C)CN)ncn1. The number of nitrogens with two attached hydrogens (primary N) is 1. The van der Waals surface area contributed by atoms with Crippen LogP contribution in [0.4, 0.5) is 11.6 Å². The summed E-state index contributed by atoms with van der Waals surface area (Å²) in [6, 6.07) is 1.92. The van der Waals surface area contributed by atoms with E-state index in [-0.39, 0.29) is 5.54 Å². The second kappa shape index (κ2) is 7.16. The number of nitrogens with one attached hydrogen (secondary N) is 2. The molecule has 0 aliphatic carbocycles. The van der Waals surface area contributed by atoms with Gasteiger partial charge in [0.2, 0.25) is 0 Å². The van der Waals surface area contributed by atoms with Crippen molar-refractivity contribution in [2.75, 3.05) is 23.7 Å². The Balaban J connectivity index is 2.51. The van der Waals surface area contributed by atoms with E-state index in [0.717, 1.165) is 24.6 Å². The lowest BCUT2D eigenvalue weighted by molar-refractivity contribution is 0.577. The van der Waals surface area contributed by atoms with E-state index in [0.29, 0.717) is 6.54 Å². The van der Waals surface area contributed by atoms with Gasteiger partial charge in [0.1, 0.15) is 18.0 Å². The zero-order chi connectivity index (χ0) is 13.4. The predicted octanol–water partition coefficient (Wildman–Crippen LogP) is 2.23. The van der Waals surface area contributed by atoms with Crippen LogP contribution in [0.1, 0.15) is 40.0 Å². The van der Waals surface area contributed by atoms with Crippen LogP contribution in [-0.4, -0.2) is 28.6 Å². The van der Waals surface area contributed by atoms with Crippen molar-refractivity contribution >= 4 is 11.6 Å². The maximum absolute atomic E-state index is 5.68. The van der Waals surface area contributed by atoms with E-state index >= 15 is 0 Å². The largest absolute Gasteiger partial charge is 0.370 e. The summed E-state index contributed by atoms with van der Waals surface area (Å²) >= 11 is 0. The second-order valence-corrected chi connectivity index (χ2v) is 5.14. The molecule has 0 amide bonds. The number of hydrogen-bond donors (Lipinski definition) is 3. The molecule has 0 atom stereocenters. The average Bonchev–Trinajstić information content (AvgIpc) is 2.35. The summed E-state index contributed by atoms with van der Waals surface area (Å²) in [6.07, 6.45) is 5.20. The fraction of sp³-hybridized carbons (Fsp3) is 0.692. The molecule has 102 valence electrons. The second-order valence-electron chi connectivity index (χ2n) is 5.14. The van der Waals surface area contributed by atoms with Gasteiger partial charge in [-0.1, -0.05) is 19.8 Å². The third-order valence-electron chi connectivity index (χ3n) is 2.73. The van der Waals surface area contributed by atoms with Gasteiger partial charge in [0.15, 0.2) is 0 Å². The van der Waals surface area contributed by atoms with E-state index in [4.69, 9.17) is 5.73 Å². The standard InChI is InChI=1S/C13H25N5/c1-4-5-6-7-15-11-8-12(17-10-16-11)18-13(2,3)9-14/h8,10H,4-7,9,14H2,1-3H3,(H2,15,16,17,18). The zero-order valence-corrected chi connectivity index (χ0v) is 11.7. The Morgan fingerprint density at radius 3 is 2.61 bits per heavy atom. The maximum atomic E-state index is 5.68. The highest BCUT2D eigenvalue weighted by Crippen LogP contribution is 2.14. The number of anilines is 2. The number of nitrogens with zero attached hydrogens (tertiary/aromatic N) is 2. The van der Waals surface area contributed by atoms with Gasteiger partial charge in [-0.2, -0.15) is 0 Å². The van der Waals surface area contributed by atoms with Gasteiger partial charge in [-0.25, -0.2) is 9.97 Å². The molecule has 0 unspecified atom stereocenters. The van der Waals surface area contributed by atoms with Gasteiger partial charge in [0, 0.05) is 24.7 Å². The minimum Gasteiger partial charge on any atom is -0.370 e. The van der Waals surface area contributed by atoms with Crippen LogP contribution in [-0.2, 0) is 0 Å². The molecule has 1 aromatic heterocycles. The van der Waals surface area contributed by atoms with Crippen LogP contribution in [0, 0.1) is 0 Å². The van der Waals surface area contributed by atoms with Crippen molar-refractivity contribution in [2.24, 2.45) is 5.73 Å². The van der Waals surface area contributed by atoms with Gasteiger partial charge in [-0.05, 0) is 20.3 Å². The average molecular weight is 251 g/mol. The van der Waals surface area contributed by atoms with E-state index in [1.807, 2.05) is 19.9 Å². The summed E-state index contributed by atoms with van der Waals surface area (Å²) < 4.78 is 0. The van der Waals surface area contributed by atoms with Gasteiger partial charge in [-0.3, -0.25) is 0 Å². The lowest BCUT2D eigenvalue weighted by atomic mass is 10.1. The van der Waals surface area contributed by atoms with E-state index in [9.17, 15) is 0 Å². The normalized spacial score (nSPS) is 11.3. The van der Waals surface area contributed by atoms with Crippen LogP contribution < -0.4 is 16.4 Å². The molecular formula is C13H25N5. The molecule has 0 aromatic carbocycles. The smallest absolute Gasteiger partial charge is 0.131 e. The molecule has 1 aromatic rings. The number of aromatic nitrogens is 2. The first-order valence-corrected chi connectivity index (χ1v) is 6.61. The van der Waals surface area contributed by atoms with Crippen LogP contribution in [0.3, 0.4) is 0 Å². The Hall–Kier alpha value is -1.36. The summed E-state index contributed by atoms with van der Waals surface area (Å²) in [5.41, 5.74) is 5.53. The van der Waals surface area contributed by atoms with Crippen LogP contribution >= 0.6 is 0 Å². The third-order valence-corrected chi connectivity index (χ3v) is 2.73. The molecular weight excluding hydrogens is 226 g/mol. The molecule has 0 aliphatic rings. The minimum absolute atomic E-state index is 0.159. The van der Waals surface area contributed by atoms with E-state index in [1.165, 1.54) is 12.8 Å². The topological polar surface area (TPSA) is 75.9 Å². The van der Waals surface area contributed by atoms with Crippen molar-refractivity contribution in [3.63, 3.8) is 0 Å².